The van der Waals surface area contributed by atoms with E-state index in [9.17, 15) is 9.90 Å². The van der Waals surface area contributed by atoms with E-state index in [4.69, 9.17) is 10.6 Å². The van der Waals surface area contributed by atoms with E-state index in [-0.39, 0.29) is 5.84 Å². The number of amidine groups is 1. The molecule has 0 aromatic heterocycles. The molecule has 142 valence electrons. The highest BCUT2D eigenvalue weighted by atomic mass is 16.7. The molecular weight excluding hydrogens is 342 g/mol. The second-order valence-electron chi connectivity index (χ2n) is 6.96. The summed E-state index contributed by atoms with van der Waals surface area (Å²) in [6.07, 6.45) is 0.883. The number of aliphatic hydroxyl groups is 1. The van der Waals surface area contributed by atoms with Crippen molar-refractivity contribution in [1.82, 2.24) is 4.90 Å². The van der Waals surface area contributed by atoms with Crippen molar-refractivity contribution in [3.8, 4) is 0 Å². The number of hydrogen-bond donors (Lipinski definition) is 2. The molecule has 0 amide bonds. The van der Waals surface area contributed by atoms with Crippen LogP contribution in [0.15, 0.2) is 59.8 Å². The smallest absolute Gasteiger partial charge is 0.366 e. The highest BCUT2D eigenvalue weighted by molar-refractivity contribution is 5.93. The first-order valence-electron chi connectivity index (χ1n) is 9.07. The standard InChI is InChI=1S/C21H25N3O3/c1-16-7-5-6-10-18(16)19(25)27-23-20(22)21(26)11-13-24(14-12-21)15-17-8-3-2-4-9-17/h2-10,26H,11-15H2,1H3,(H2,22,23). The number of carbonyl (C=O) groups is 1. The second-order valence-corrected chi connectivity index (χ2v) is 6.96. The summed E-state index contributed by atoms with van der Waals surface area (Å²) in [5.41, 5.74) is 7.16. The fourth-order valence-corrected chi connectivity index (χ4v) is 3.21. The lowest BCUT2D eigenvalue weighted by Crippen LogP contribution is -2.52. The van der Waals surface area contributed by atoms with Crippen LogP contribution in [0.3, 0.4) is 0 Å². The summed E-state index contributed by atoms with van der Waals surface area (Å²) >= 11 is 0. The Morgan fingerprint density at radius 3 is 2.44 bits per heavy atom. The summed E-state index contributed by atoms with van der Waals surface area (Å²) in [7, 11) is 0. The number of hydrogen-bond acceptors (Lipinski definition) is 5. The number of rotatable bonds is 5. The maximum Gasteiger partial charge on any atom is 0.366 e. The molecule has 1 fully saturated rings. The first-order chi connectivity index (χ1) is 13.0. The summed E-state index contributed by atoms with van der Waals surface area (Å²) in [6, 6.07) is 17.3. The van der Waals surface area contributed by atoms with Crippen LogP contribution in [-0.4, -0.2) is 40.5 Å². The van der Waals surface area contributed by atoms with Crippen LogP contribution in [0.1, 0.15) is 34.3 Å². The van der Waals surface area contributed by atoms with Crippen LogP contribution in [0.4, 0.5) is 0 Å². The average molecular weight is 367 g/mol. The molecule has 0 spiro atoms. The molecule has 2 aromatic carbocycles. The summed E-state index contributed by atoms with van der Waals surface area (Å²) < 4.78 is 0. The minimum atomic E-state index is -1.25. The number of piperidine rings is 1. The van der Waals surface area contributed by atoms with Gasteiger partial charge in [-0.1, -0.05) is 53.7 Å². The Labute approximate surface area is 159 Å². The van der Waals surface area contributed by atoms with E-state index in [1.165, 1.54) is 5.56 Å². The number of oxime groups is 1. The van der Waals surface area contributed by atoms with Crippen LogP contribution in [0.2, 0.25) is 0 Å². The van der Waals surface area contributed by atoms with Crippen molar-refractivity contribution in [3.05, 3.63) is 71.3 Å². The van der Waals surface area contributed by atoms with Crippen molar-refractivity contribution in [1.29, 1.82) is 0 Å². The van der Waals surface area contributed by atoms with Gasteiger partial charge in [0.05, 0.1) is 5.56 Å². The van der Waals surface area contributed by atoms with Gasteiger partial charge in [-0.05, 0) is 37.0 Å². The first-order valence-corrected chi connectivity index (χ1v) is 9.07. The molecule has 0 radical (unpaired) electrons. The maximum absolute atomic E-state index is 12.1. The van der Waals surface area contributed by atoms with Crippen LogP contribution in [0.5, 0.6) is 0 Å². The molecule has 3 N–H and O–H groups in total. The highest BCUT2D eigenvalue weighted by Crippen LogP contribution is 2.24. The van der Waals surface area contributed by atoms with E-state index in [1.54, 1.807) is 12.1 Å². The van der Waals surface area contributed by atoms with Gasteiger partial charge in [-0.3, -0.25) is 4.90 Å². The molecule has 0 bridgehead atoms. The summed E-state index contributed by atoms with van der Waals surface area (Å²) in [5.74, 6) is -0.634. The van der Waals surface area contributed by atoms with Gasteiger partial charge in [0.2, 0.25) is 0 Å². The van der Waals surface area contributed by atoms with Crippen LogP contribution < -0.4 is 5.73 Å². The molecule has 1 saturated heterocycles. The minimum absolute atomic E-state index is 0.0520. The van der Waals surface area contributed by atoms with E-state index in [2.05, 4.69) is 22.2 Å². The van der Waals surface area contributed by atoms with Gasteiger partial charge >= 0.3 is 5.97 Å². The lowest BCUT2D eigenvalue weighted by molar-refractivity contribution is 0.0257. The number of benzene rings is 2. The molecule has 1 heterocycles. The Balaban J connectivity index is 1.57. The van der Waals surface area contributed by atoms with Crippen molar-refractivity contribution >= 4 is 11.8 Å². The van der Waals surface area contributed by atoms with Gasteiger partial charge in [0.25, 0.3) is 0 Å². The topological polar surface area (TPSA) is 88.1 Å². The van der Waals surface area contributed by atoms with Gasteiger partial charge < -0.3 is 15.7 Å². The van der Waals surface area contributed by atoms with Crippen molar-refractivity contribution < 1.29 is 14.7 Å². The van der Waals surface area contributed by atoms with Crippen molar-refractivity contribution in [2.75, 3.05) is 13.1 Å². The molecule has 1 aliphatic rings. The monoisotopic (exact) mass is 367 g/mol. The Bertz CT molecular complexity index is 812. The summed E-state index contributed by atoms with van der Waals surface area (Å²) in [5, 5.41) is 14.5. The Hall–Kier alpha value is -2.70. The van der Waals surface area contributed by atoms with E-state index < -0.39 is 11.6 Å². The van der Waals surface area contributed by atoms with Crippen molar-refractivity contribution in [2.24, 2.45) is 10.9 Å². The third kappa shape index (κ3) is 4.72. The average Bonchev–Trinajstić information content (AvgIpc) is 2.69. The van der Waals surface area contributed by atoms with Gasteiger partial charge in [0, 0.05) is 19.6 Å². The SMILES string of the molecule is Cc1ccccc1C(=O)O/N=C(/N)C1(O)CCN(Cc2ccccc2)CC1. The van der Waals surface area contributed by atoms with Gasteiger partial charge in [0.1, 0.15) is 5.60 Å². The lowest BCUT2D eigenvalue weighted by atomic mass is 9.90. The molecule has 6 heteroatoms. The molecule has 2 aromatic rings. The molecule has 0 unspecified atom stereocenters. The lowest BCUT2D eigenvalue weighted by Gasteiger charge is -2.37. The van der Waals surface area contributed by atoms with Crippen LogP contribution in [-0.2, 0) is 11.4 Å². The van der Waals surface area contributed by atoms with Crippen LogP contribution in [0.25, 0.3) is 0 Å². The molecule has 27 heavy (non-hydrogen) atoms. The number of aryl methyl sites for hydroxylation is 1. The van der Waals surface area contributed by atoms with Gasteiger partial charge in [-0.25, -0.2) is 4.79 Å². The fourth-order valence-electron chi connectivity index (χ4n) is 3.21. The number of nitrogens with zero attached hydrogens (tertiary/aromatic N) is 2. The Morgan fingerprint density at radius 2 is 1.78 bits per heavy atom. The maximum atomic E-state index is 12.1. The highest BCUT2D eigenvalue weighted by Gasteiger charge is 2.36. The third-order valence-corrected chi connectivity index (χ3v) is 5.00. The first kappa shape index (κ1) is 19.1. The largest absolute Gasteiger partial charge is 0.382 e. The molecule has 6 nitrogen and oxygen atoms in total. The van der Waals surface area contributed by atoms with Gasteiger partial charge in [-0.2, -0.15) is 0 Å². The van der Waals surface area contributed by atoms with Crippen molar-refractivity contribution in [2.45, 2.75) is 31.9 Å². The predicted molar refractivity (Wildman–Crippen MR) is 104 cm³/mol. The van der Waals surface area contributed by atoms with E-state index in [0.29, 0.717) is 31.5 Å². The zero-order valence-electron chi connectivity index (χ0n) is 15.5. The van der Waals surface area contributed by atoms with Crippen LogP contribution in [0, 0.1) is 6.92 Å². The summed E-state index contributed by atoms with van der Waals surface area (Å²) in [4.78, 5) is 19.4. The van der Waals surface area contributed by atoms with Crippen LogP contribution >= 0.6 is 0 Å². The molecule has 0 saturated carbocycles. The number of likely N-dealkylation sites (tertiary alicyclic amines) is 1. The summed E-state index contributed by atoms with van der Waals surface area (Å²) in [6.45, 7) is 4.02. The number of carbonyl (C=O) groups excluding carboxylic acids is 1. The second kappa shape index (κ2) is 8.33. The van der Waals surface area contributed by atoms with Crippen molar-refractivity contribution in [3.63, 3.8) is 0 Å². The predicted octanol–water partition coefficient (Wildman–Crippen LogP) is 2.45. The number of nitrogens with two attached hydrogens (primary N) is 1. The minimum Gasteiger partial charge on any atom is -0.382 e. The van der Waals surface area contributed by atoms with Gasteiger partial charge in [-0.15, -0.1) is 0 Å². The molecular formula is C21H25N3O3. The zero-order valence-corrected chi connectivity index (χ0v) is 15.5. The molecule has 3 rings (SSSR count). The Kier molecular flexibility index (Phi) is 5.88. The molecule has 0 aliphatic carbocycles. The van der Waals surface area contributed by atoms with Gasteiger partial charge in [0.15, 0.2) is 5.84 Å². The van der Waals surface area contributed by atoms with E-state index >= 15 is 0 Å². The quantitative estimate of drug-likeness (QED) is 0.367. The van der Waals surface area contributed by atoms with E-state index in [0.717, 1.165) is 12.1 Å². The fraction of sp³-hybridized carbons (Fsp3) is 0.333. The molecule has 0 atom stereocenters. The molecule has 1 aliphatic heterocycles. The normalized spacial score (nSPS) is 17.5. The third-order valence-electron chi connectivity index (χ3n) is 5.00. The van der Waals surface area contributed by atoms with E-state index in [1.807, 2.05) is 37.3 Å². The Morgan fingerprint density at radius 1 is 1.15 bits per heavy atom. The zero-order chi connectivity index (χ0) is 19.3.